The van der Waals surface area contributed by atoms with Crippen molar-refractivity contribution in [1.29, 1.82) is 0 Å². The van der Waals surface area contributed by atoms with Crippen LogP contribution in [0.3, 0.4) is 0 Å². The van der Waals surface area contributed by atoms with Crippen LogP contribution in [0.4, 0.5) is 16.6 Å². The van der Waals surface area contributed by atoms with Gasteiger partial charge in [-0.2, -0.15) is 0 Å². The monoisotopic (exact) mass is 377 g/mol. The summed E-state index contributed by atoms with van der Waals surface area (Å²) in [7, 11) is 1.64. The van der Waals surface area contributed by atoms with Crippen molar-refractivity contribution in [1.82, 2.24) is 15.0 Å². The summed E-state index contributed by atoms with van der Waals surface area (Å²) in [5.41, 5.74) is 10.8. The second-order valence-corrected chi connectivity index (χ2v) is 7.23. The molecule has 0 saturated carbocycles. The summed E-state index contributed by atoms with van der Waals surface area (Å²) in [6.07, 6.45) is 0. The van der Waals surface area contributed by atoms with Gasteiger partial charge in [-0.25, -0.2) is 15.0 Å². The summed E-state index contributed by atoms with van der Waals surface area (Å²) in [5, 5.41) is 3.81. The van der Waals surface area contributed by atoms with E-state index in [2.05, 4.69) is 36.3 Å². The molecule has 0 aliphatic carbocycles. The number of hydrogen-bond acceptors (Lipinski definition) is 7. The molecule has 136 valence electrons. The van der Waals surface area contributed by atoms with Gasteiger partial charge in [-0.1, -0.05) is 29.5 Å². The number of nitrogens with two attached hydrogens (primary N) is 1. The number of fused-ring (bicyclic) bond motifs is 1. The molecule has 2 heterocycles. The lowest BCUT2D eigenvalue weighted by atomic mass is 10.0. The van der Waals surface area contributed by atoms with Gasteiger partial charge in [-0.15, -0.1) is 0 Å². The Balaban J connectivity index is 1.85. The van der Waals surface area contributed by atoms with E-state index < -0.39 is 0 Å². The molecule has 0 bridgehead atoms. The average Bonchev–Trinajstić information content (AvgIpc) is 3.03. The molecule has 0 fully saturated rings. The molecule has 0 radical (unpaired) electrons. The maximum absolute atomic E-state index is 5.93. The van der Waals surface area contributed by atoms with E-state index in [1.54, 1.807) is 7.11 Å². The van der Waals surface area contributed by atoms with Crippen molar-refractivity contribution in [3.8, 4) is 17.1 Å². The second kappa shape index (κ2) is 6.85. The van der Waals surface area contributed by atoms with E-state index >= 15 is 0 Å². The number of nitrogens with zero attached hydrogens (tertiary/aromatic N) is 3. The number of nitrogen functional groups attached to an aromatic ring is 1. The largest absolute Gasteiger partial charge is 0.497 e. The number of aromatic nitrogens is 3. The molecule has 4 aromatic rings. The molecule has 2 aromatic heterocycles. The van der Waals surface area contributed by atoms with Crippen LogP contribution in [0.15, 0.2) is 42.5 Å². The number of thiazole rings is 1. The molecule has 6 nitrogen and oxygen atoms in total. The summed E-state index contributed by atoms with van der Waals surface area (Å²) in [4.78, 5) is 14.7. The van der Waals surface area contributed by atoms with E-state index in [0.717, 1.165) is 33.0 Å². The number of nitrogens with one attached hydrogen (secondary N) is 1. The molecular formula is C20H19N5OS. The highest BCUT2D eigenvalue weighted by molar-refractivity contribution is 7.21. The summed E-state index contributed by atoms with van der Waals surface area (Å²) < 4.78 is 5.22. The number of rotatable bonds is 4. The van der Waals surface area contributed by atoms with Crippen LogP contribution in [-0.4, -0.2) is 22.1 Å². The van der Waals surface area contributed by atoms with Crippen LogP contribution in [0, 0.1) is 13.8 Å². The minimum absolute atomic E-state index is 0.468. The van der Waals surface area contributed by atoms with Crippen molar-refractivity contribution in [2.24, 2.45) is 0 Å². The zero-order valence-corrected chi connectivity index (χ0v) is 16.1. The number of ether oxygens (including phenoxy) is 1. The Morgan fingerprint density at radius 2 is 1.67 bits per heavy atom. The van der Waals surface area contributed by atoms with Crippen molar-refractivity contribution in [3.05, 3.63) is 53.6 Å². The van der Waals surface area contributed by atoms with Gasteiger partial charge in [0.1, 0.15) is 11.3 Å². The van der Waals surface area contributed by atoms with E-state index in [1.807, 2.05) is 30.3 Å². The van der Waals surface area contributed by atoms with Crippen molar-refractivity contribution in [2.75, 3.05) is 18.2 Å². The predicted octanol–water partition coefficient (Wildman–Crippen LogP) is 4.70. The SMILES string of the molecule is COc1ccc(Nc2nc(-c3c(C)cccc3C)nc3sc(N)nc23)cc1. The molecule has 0 amide bonds. The molecule has 7 heteroatoms. The van der Waals surface area contributed by atoms with Crippen LogP contribution in [-0.2, 0) is 0 Å². The van der Waals surface area contributed by atoms with Crippen LogP contribution < -0.4 is 15.8 Å². The fraction of sp³-hybridized carbons (Fsp3) is 0.150. The van der Waals surface area contributed by atoms with E-state index in [4.69, 9.17) is 20.4 Å². The van der Waals surface area contributed by atoms with Gasteiger partial charge in [-0.3, -0.25) is 0 Å². The van der Waals surface area contributed by atoms with Crippen molar-refractivity contribution in [2.45, 2.75) is 13.8 Å². The number of aryl methyl sites for hydroxylation is 2. The molecule has 27 heavy (non-hydrogen) atoms. The Bertz CT molecular complexity index is 1100. The van der Waals surface area contributed by atoms with Gasteiger partial charge in [0.05, 0.1) is 7.11 Å². The maximum atomic E-state index is 5.93. The first-order valence-corrected chi connectivity index (χ1v) is 9.28. The minimum Gasteiger partial charge on any atom is -0.497 e. The number of methoxy groups -OCH3 is 1. The molecule has 0 aliphatic heterocycles. The van der Waals surface area contributed by atoms with Gasteiger partial charge in [0, 0.05) is 11.3 Å². The molecule has 4 rings (SSSR count). The highest BCUT2D eigenvalue weighted by atomic mass is 32.1. The van der Waals surface area contributed by atoms with Crippen molar-refractivity contribution >= 4 is 38.3 Å². The zero-order chi connectivity index (χ0) is 19.0. The first-order valence-electron chi connectivity index (χ1n) is 8.47. The van der Waals surface area contributed by atoms with Crippen LogP contribution in [0.2, 0.25) is 0 Å². The first kappa shape index (κ1) is 17.2. The zero-order valence-electron chi connectivity index (χ0n) is 15.3. The first-order chi connectivity index (χ1) is 13.0. The normalized spacial score (nSPS) is 10.9. The highest BCUT2D eigenvalue weighted by Crippen LogP contribution is 2.33. The molecule has 0 unspecified atom stereocenters. The van der Waals surface area contributed by atoms with Gasteiger partial charge < -0.3 is 15.8 Å². The van der Waals surface area contributed by atoms with E-state index in [-0.39, 0.29) is 0 Å². The Hall–Kier alpha value is -3.19. The number of hydrogen-bond donors (Lipinski definition) is 2. The van der Waals surface area contributed by atoms with E-state index in [0.29, 0.717) is 22.3 Å². The third kappa shape index (κ3) is 3.29. The fourth-order valence-corrected chi connectivity index (χ4v) is 3.72. The van der Waals surface area contributed by atoms with Crippen LogP contribution in [0.25, 0.3) is 21.7 Å². The lowest BCUT2D eigenvalue weighted by Crippen LogP contribution is -2.00. The van der Waals surface area contributed by atoms with Crippen molar-refractivity contribution < 1.29 is 4.74 Å². The Morgan fingerprint density at radius 3 is 2.33 bits per heavy atom. The molecule has 0 atom stereocenters. The lowest BCUT2D eigenvalue weighted by Gasteiger charge is -2.11. The molecule has 0 spiro atoms. The Morgan fingerprint density at radius 1 is 0.963 bits per heavy atom. The lowest BCUT2D eigenvalue weighted by molar-refractivity contribution is 0.415. The summed E-state index contributed by atoms with van der Waals surface area (Å²) in [6, 6.07) is 13.8. The quantitative estimate of drug-likeness (QED) is 0.536. The molecule has 0 saturated heterocycles. The summed E-state index contributed by atoms with van der Waals surface area (Å²) in [5.74, 6) is 2.09. The molecule has 3 N–H and O–H groups in total. The summed E-state index contributed by atoms with van der Waals surface area (Å²) in [6.45, 7) is 4.13. The predicted molar refractivity (Wildman–Crippen MR) is 111 cm³/mol. The van der Waals surface area contributed by atoms with Gasteiger partial charge in [-0.05, 0) is 49.2 Å². The minimum atomic E-state index is 0.468. The maximum Gasteiger partial charge on any atom is 0.182 e. The van der Waals surface area contributed by atoms with Crippen LogP contribution >= 0.6 is 11.3 Å². The third-order valence-electron chi connectivity index (χ3n) is 4.33. The van der Waals surface area contributed by atoms with Gasteiger partial charge >= 0.3 is 0 Å². The smallest absolute Gasteiger partial charge is 0.182 e. The van der Waals surface area contributed by atoms with Crippen molar-refractivity contribution in [3.63, 3.8) is 0 Å². The number of benzene rings is 2. The molecule has 2 aromatic carbocycles. The van der Waals surface area contributed by atoms with E-state index in [9.17, 15) is 0 Å². The van der Waals surface area contributed by atoms with Gasteiger partial charge in [0.15, 0.2) is 21.6 Å². The topological polar surface area (TPSA) is 86.0 Å². The van der Waals surface area contributed by atoms with E-state index in [1.165, 1.54) is 11.3 Å². The van der Waals surface area contributed by atoms with Crippen LogP contribution in [0.5, 0.6) is 5.75 Å². The Labute approximate surface area is 161 Å². The Kier molecular flexibility index (Phi) is 4.37. The highest BCUT2D eigenvalue weighted by Gasteiger charge is 2.16. The third-order valence-corrected chi connectivity index (χ3v) is 5.11. The van der Waals surface area contributed by atoms with Gasteiger partial charge in [0.25, 0.3) is 0 Å². The second-order valence-electron chi connectivity index (χ2n) is 6.22. The number of anilines is 3. The summed E-state index contributed by atoms with van der Waals surface area (Å²) >= 11 is 1.36. The van der Waals surface area contributed by atoms with Gasteiger partial charge in [0.2, 0.25) is 0 Å². The average molecular weight is 377 g/mol. The fourth-order valence-electron chi connectivity index (χ4n) is 3.02. The standard InChI is InChI=1S/C20H19N5OS/c1-11-5-4-6-12(2)15(11)17-24-18(16-19(25-17)27-20(21)23-16)22-13-7-9-14(26-3)10-8-13/h4-10H,1-3H3,(H2,21,23)(H,22,24,25). The van der Waals surface area contributed by atoms with Crippen LogP contribution in [0.1, 0.15) is 11.1 Å². The molecular weight excluding hydrogens is 358 g/mol. The molecule has 0 aliphatic rings.